The highest BCUT2D eigenvalue weighted by molar-refractivity contribution is 6.04. The van der Waals surface area contributed by atoms with Crippen LogP contribution in [0.15, 0.2) is 53.3 Å². The number of halogens is 3. The molecule has 1 aromatic heterocycles. The van der Waals surface area contributed by atoms with E-state index in [1.165, 1.54) is 31.3 Å². The fourth-order valence-electron chi connectivity index (χ4n) is 2.64. The lowest BCUT2D eigenvalue weighted by atomic mass is 10.1. The van der Waals surface area contributed by atoms with Gasteiger partial charge in [-0.3, -0.25) is 14.4 Å². The molecule has 7 nitrogen and oxygen atoms in total. The maximum Gasteiger partial charge on any atom is 0.471 e. The third-order valence-electron chi connectivity index (χ3n) is 4.09. The first kappa shape index (κ1) is 20.1. The zero-order chi connectivity index (χ0) is 21.2. The van der Waals surface area contributed by atoms with Crippen LogP contribution >= 0.6 is 0 Å². The minimum atomic E-state index is -4.97. The van der Waals surface area contributed by atoms with Crippen LogP contribution in [0.1, 0.15) is 16.1 Å². The Hall–Kier alpha value is -3.69. The highest BCUT2D eigenvalue weighted by Gasteiger charge is 2.38. The molecule has 0 spiro atoms. The average Bonchev–Trinajstić information content (AvgIpc) is 2.69. The number of carbonyl (C=O) groups excluding carboxylic acids is 2. The maximum absolute atomic E-state index is 12.5. The second-order valence-corrected chi connectivity index (χ2v) is 6.15. The number of nitrogens with zero attached hydrogens (tertiary/aromatic N) is 2. The highest BCUT2D eigenvalue weighted by atomic mass is 19.4. The van der Waals surface area contributed by atoms with Crippen LogP contribution in [0.2, 0.25) is 0 Å². The van der Waals surface area contributed by atoms with Gasteiger partial charge in [0.25, 0.3) is 11.5 Å². The van der Waals surface area contributed by atoms with E-state index in [1.807, 2.05) is 0 Å². The van der Waals surface area contributed by atoms with Crippen LogP contribution in [0.25, 0.3) is 10.8 Å². The van der Waals surface area contributed by atoms with Crippen LogP contribution in [-0.2, 0) is 18.4 Å². The predicted molar refractivity (Wildman–Crippen MR) is 99.3 cm³/mol. The van der Waals surface area contributed by atoms with Crippen molar-refractivity contribution >= 4 is 28.3 Å². The summed E-state index contributed by atoms with van der Waals surface area (Å²) in [5.74, 6) is -2.57. The smallest absolute Gasteiger partial charge is 0.347 e. The summed E-state index contributed by atoms with van der Waals surface area (Å²) in [6.45, 7) is 0.0746. The van der Waals surface area contributed by atoms with Crippen molar-refractivity contribution in [2.45, 2.75) is 12.7 Å². The fourth-order valence-corrected chi connectivity index (χ4v) is 2.64. The number of benzene rings is 2. The van der Waals surface area contributed by atoms with Gasteiger partial charge in [-0.1, -0.05) is 30.3 Å². The monoisotopic (exact) mass is 404 g/mol. The van der Waals surface area contributed by atoms with E-state index in [2.05, 4.69) is 10.4 Å². The van der Waals surface area contributed by atoms with Gasteiger partial charge >= 0.3 is 12.1 Å². The molecule has 0 saturated heterocycles. The molecule has 3 rings (SSSR count). The van der Waals surface area contributed by atoms with Gasteiger partial charge in [0, 0.05) is 24.7 Å². The number of aromatic nitrogens is 2. The molecule has 1 heterocycles. The van der Waals surface area contributed by atoms with Crippen LogP contribution in [0.3, 0.4) is 0 Å². The molecule has 0 aliphatic carbocycles. The average molecular weight is 404 g/mol. The first-order valence-corrected chi connectivity index (χ1v) is 8.38. The number of alkyl halides is 3. The van der Waals surface area contributed by atoms with Crippen molar-refractivity contribution in [1.82, 2.24) is 15.1 Å². The Balaban J connectivity index is 1.72. The number of nitrogens with one attached hydrogen (secondary N) is 2. The summed E-state index contributed by atoms with van der Waals surface area (Å²) in [4.78, 5) is 35.6. The number of aryl methyl sites for hydroxylation is 1. The van der Waals surface area contributed by atoms with Gasteiger partial charge in [-0.15, -0.1) is 0 Å². The lowest BCUT2D eigenvalue weighted by molar-refractivity contribution is -0.167. The van der Waals surface area contributed by atoms with Crippen LogP contribution in [0, 0.1) is 0 Å². The van der Waals surface area contributed by atoms with Crippen LogP contribution in [0.4, 0.5) is 18.9 Å². The molecular formula is C19H15F3N4O3. The number of anilines is 1. The van der Waals surface area contributed by atoms with Crippen molar-refractivity contribution in [3.8, 4) is 0 Å². The van der Waals surface area contributed by atoms with Crippen molar-refractivity contribution < 1.29 is 22.8 Å². The van der Waals surface area contributed by atoms with E-state index in [-0.39, 0.29) is 23.5 Å². The SMILES string of the molecule is Cn1nc(C(=O)NCc2ccc(NC(=O)C(F)(F)F)cc2)c2ccccc2c1=O. The molecule has 10 heteroatoms. The quantitative estimate of drug-likeness (QED) is 0.698. The summed E-state index contributed by atoms with van der Waals surface area (Å²) in [6, 6.07) is 12.1. The molecule has 3 aromatic rings. The Bertz CT molecular complexity index is 1140. The largest absolute Gasteiger partial charge is 0.471 e. The first-order chi connectivity index (χ1) is 13.7. The molecule has 0 aliphatic rings. The van der Waals surface area contributed by atoms with E-state index in [0.29, 0.717) is 16.3 Å². The third-order valence-corrected chi connectivity index (χ3v) is 4.09. The first-order valence-electron chi connectivity index (χ1n) is 8.38. The summed E-state index contributed by atoms with van der Waals surface area (Å²) in [7, 11) is 1.44. The Labute approximate surface area is 162 Å². The van der Waals surface area contributed by atoms with Gasteiger partial charge in [0.2, 0.25) is 0 Å². The Morgan fingerprint density at radius 2 is 1.66 bits per heavy atom. The second kappa shape index (κ2) is 7.74. The van der Waals surface area contributed by atoms with Crippen molar-refractivity contribution in [2.24, 2.45) is 7.05 Å². The molecule has 0 saturated carbocycles. The van der Waals surface area contributed by atoms with Crippen molar-refractivity contribution in [3.05, 3.63) is 70.1 Å². The van der Waals surface area contributed by atoms with Crippen molar-refractivity contribution in [1.29, 1.82) is 0 Å². The third kappa shape index (κ3) is 4.42. The Morgan fingerprint density at radius 1 is 1.03 bits per heavy atom. The van der Waals surface area contributed by atoms with E-state index in [1.54, 1.807) is 29.6 Å². The molecule has 0 aliphatic heterocycles. The van der Waals surface area contributed by atoms with E-state index in [9.17, 15) is 27.6 Å². The number of rotatable bonds is 4. The molecule has 0 radical (unpaired) electrons. The van der Waals surface area contributed by atoms with Crippen LogP contribution in [0.5, 0.6) is 0 Å². The van der Waals surface area contributed by atoms with Gasteiger partial charge in [-0.05, 0) is 23.8 Å². The summed E-state index contributed by atoms with van der Waals surface area (Å²) in [5.41, 5.74) is 0.330. The predicted octanol–water partition coefficient (Wildman–Crippen LogP) is 2.36. The summed E-state index contributed by atoms with van der Waals surface area (Å²) in [6.07, 6.45) is -4.97. The molecule has 0 atom stereocenters. The molecule has 2 N–H and O–H groups in total. The zero-order valence-corrected chi connectivity index (χ0v) is 15.1. The van der Waals surface area contributed by atoms with E-state index < -0.39 is 18.0 Å². The molecule has 150 valence electrons. The highest BCUT2D eigenvalue weighted by Crippen LogP contribution is 2.18. The lowest BCUT2D eigenvalue weighted by Gasteiger charge is -2.10. The summed E-state index contributed by atoms with van der Waals surface area (Å²) in [5, 5.41) is 9.19. The van der Waals surface area contributed by atoms with Gasteiger partial charge in [0.1, 0.15) is 0 Å². The number of hydrogen-bond donors (Lipinski definition) is 2. The zero-order valence-electron chi connectivity index (χ0n) is 15.1. The molecular weight excluding hydrogens is 389 g/mol. The van der Waals surface area contributed by atoms with Gasteiger partial charge in [0.15, 0.2) is 5.69 Å². The molecule has 0 bridgehead atoms. The number of carbonyl (C=O) groups is 2. The van der Waals surface area contributed by atoms with E-state index in [4.69, 9.17) is 0 Å². The molecule has 0 fully saturated rings. The molecule has 29 heavy (non-hydrogen) atoms. The van der Waals surface area contributed by atoms with Crippen LogP contribution < -0.4 is 16.2 Å². The minimum absolute atomic E-state index is 0.0203. The van der Waals surface area contributed by atoms with Gasteiger partial charge in [-0.25, -0.2) is 4.68 Å². The number of amides is 2. The maximum atomic E-state index is 12.5. The van der Waals surface area contributed by atoms with Gasteiger partial charge < -0.3 is 10.6 Å². The summed E-state index contributed by atoms with van der Waals surface area (Å²) < 4.78 is 37.9. The molecule has 2 aromatic carbocycles. The number of hydrogen-bond acceptors (Lipinski definition) is 4. The van der Waals surface area contributed by atoms with Crippen molar-refractivity contribution in [3.63, 3.8) is 0 Å². The normalized spacial score (nSPS) is 11.3. The standard InChI is InChI=1S/C19H15F3N4O3/c1-26-17(28)14-5-3-2-4-13(14)15(25-26)16(27)23-10-11-6-8-12(9-7-11)24-18(29)19(20,21)22/h2-9H,10H2,1H3,(H,23,27)(H,24,29). The fraction of sp³-hybridized carbons (Fsp3) is 0.158. The molecule has 2 amide bonds. The van der Waals surface area contributed by atoms with E-state index >= 15 is 0 Å². The van der Waals surface area contributed by atoms with E-state index in [0.717, 1.165) is 4.68 Å². The topological polar surface area (TPSA) is 93.1 Å². The van der Waals surface area contributed by atoms with Gasteiger partial charge in [0.05, 0.1) is 5.39 Å². The Morgan fingerprint density at radius 3 is 2.28 bits per heavy atom. The second-order valence-electron chi connectivity index (χ2n) is 6.15. The number of fused-ring (bicyclic) bond motifs is 1. The van der Waals surface area contributed by atoms with Gasteiger partial charge in [-0.2, -0.15) is 18.3 Å². The molecule has 0 unspecified atom stereocenters. The van der Waals surface area contributed by atoms with Crippen molar-refractivity contribution in [2.75, 3.05) is 5.32 Å². The minimum Gasteiger partial charge on any atom is -0.347 e. The van der Waals surface area contributed by atoms with Crippen LogP contribution in [-0.4, -0.2) is 27.8 Å². The summed E-state index contributed by atoms with van der Waals surface area (Å²) >= 11 is 0. The lowest BCUT2D eigenvalue weighted by Crippen LogP contribution is -2.30. The Kier molecular flexibility index (Phi) is 5.35.